The highest BCUT2D eigenvalue weighted by Gasteiger charge is 2.24. The summed E-state index contributed by atoms with van der Waals surface area (Å²) in [6.45, 7) is 1.99. The lowest BCUT2D eigenvalue weighted by Crippen LogP contribution is -2.34. The Hall–Kier alpha value is -3.59. The Morgan fingerprint density at radius 2 is 1.68 bits per heavy atom. The molecule has 9 heteroatoms. The predicted molar refractivity (Wildman–Crippen MR) is 122 cm³/mol. The zero-order chi connectivity index (χ0) is 23.8. The lowest BCUT2D eigenvalue weighted by atomic mass is 9.94. The number of nitrogen functional groups attached to an aromatic ring is 1. The zero-order valence-electron chi connectivity index (χ0n) is 18.3. The number of hydrogen-bond donors (Lipinski definition) is 3. The van der Waals surface area contributed by atoms with Crippen molar-refractivity contribution < 1.29 is 22.7 Å². The Bertz CT molecular complexity index is 1280. The van der Waals surface area contributed by atoms with Gasteiger partial charge in [-0.15, -0.1) is 0 Å². The first-order chi connectivity index (χ1) is 16.4. The molecule has 1 amide bonds. The second-order valence-corrected chi connectivity index (χ2v) is 8.44. The molecule has 2 aromatic carbocycles. The number of aromatic nitrogens is 1. The van der Waals surface area contributed by atoms with E-state index in [1.54, 1.807) is 18.2 Å². The molecule has 0 atom stereocenters. The van der Waals surface area contributed by atoms with Crippen molar-refractivity contribution in [2.45, 2.75) is 25.4 Å². The normalized spacial score (nSPS) is 16.1. The minimum Gasteiger partial charge on any atom is -0.487 e. The Morgan fingerprint density at radius 1 is 0.912 bits per heavy atom. The van der Waals surface area contributed by atoms with Crippen molar-refractivity contribution >= 4 is 11.7 Å². The molecule has 1 fully saturated rings. The van der Waals surface area contributed by atoms with E-state index < -0.39 is 17.6 Å². The molecule has 176 valence electrons. The van der Waals surface area contributed by atoms with Gasteiger partial charge in [0.25, 0.3) is 5.91 Å². The van der Waals surface area contributed by atoms with Gasteiger partial charge in [-0.05, 0) is 67.7 Å². The zero-order valence-corrected chi connectivity index (χ0v) is 18.3. The third-order valence-electron chi connectivity index (χ3n) is 6.26. The van der Waals surface area contributed by atoms with Crippen LogP contribution in [0.4, 0.5) is 19.0 Å². The van der Waals surface area contributed by atoms with Gasteiger partial charge in [-0.1, -0.05) is 12.1 Å². The molecular formula is C25H23F3N4O2. The number of benzene rings is 2. The molecule has 0 unspecified atom stereocenters. The van der Waals surface area contributed by atoms with Gasteiger partial charge >= 0.3 is 0 Å². The van der Waals surface area contributed by atoms with Gasteiger partial charge in [0.15, 0.2) is 11.6 Å². The van der Waals surface area contributed by atoms with Crippen LogP contribution in [0.3, 0.4) is 0 Å². The third kappa shape index (κ3) is 4.07. The summed E-state index contributed by atoms with van der Waals surface area (Å²) in [6, 6.07) is 9.07. The maximum absolute atomic E-state index is 15.0. The van der Waals surface area contributed by atoms with E-state index in [1.165, 1.54) is 18.2 Å². The van der Waals surface area contributed by atoms with Gasteiger partial charge in [-0.25, -0.2) is 9.37 Å². The quantitative estimate of drug-likeness (QED) is 0.507. The van der Waals surface area contributed by atoms with Crippen LogP contribution in [-0.4, -0.2) is 36.6 Å². The average molecular weight is 468 g/mol. The number of hydrogen-bond acceptors (Lipinski definition) is 5. The van der Waals surface area contributed by atoms with Gasteiger partial charge in [-0.3, -0.25) is 4.79 Å². The standard InChI is InChI=1S/C25H23F3N4O2/c26-21-17(3-4-20(22(21)27)34-15-6-8-30-9-7-15)19-12-18(24(29)32-23(19)28)13-1-2-16-14(11-13)5-10-31-25(16)33/h1-4,11-12,15,30H,5-10H2,(H2,29,32)(H,31,33). The van der Waals surface area contributed by atoms with Crippen molar-refractivity contribution in [3.63, 3.8) is 0 Å². The van der Waals surface area contributed by atoms with Crippen LogP contribution in [-0.2, 0) is 6.42 Å². The van der Waals surface area contributed by atoms with E-state index in [0.717, 1.165) is 18.7 Å². The Balaban J connectivity index is 1.52. The number of carbonyl (C=O) groups is 1. The number of nitrogens with zero attached hydrogens (tertiary/aromatic N) is 1. The number of fused-ring (bicyclic) bond motifs is 1. The minimum atomic E-state index is -1.22. The second kappa shape index (κ2) is 8.98. The van der Waals surface area contributed by atoms with Crippen LogP contribution in [0.15, 0.2) is 36.4 Å². The molecule has 4 N–H and O–H groups in total. The molecule has 2 aliphatic heterocycles. The highest BCUT2D eigenvalue weighted by molar-refractivity contribution is 5.97. The number of piperidine rings is 1. The number of amides is 1. The van der Waals surface area contributed by atoms with Crippen LogP contribution in [0.25, 0.3) is 22.3 Å². The predicted octanol–water partition coefficient (Wildman–Crippen LogP) is 3.83. The number of nitrogens with one attached hydrogen (secondary N) is 2. The fourth-order valence-electron chi connectivity index (χ4n) is 4.44. The number of anilines is 1. The Morgan fingerprint density at radius 3 is 2.47 bits per heavy atom. The Kier molecular flexibility index (Phi) is 5.87. The van der Waals surface area contributed by atoms with E-state index in [9.17, 15) is 13.6 Å². The molecule has 5 rings (SSSR count). The van der Waals surface area contributed by atoms with Gasteiger partial charge < -0.3 is 21.1 Å². The first kappa shape index (κ1) is 22.2. The van der Waals surface area contributed by atoms with E-state index in [2.05, 4.69) is 15.6 Å². The van der Waals surface area contributed by atoms with Gasteiger partial charge in [0, 0.05) is 28.8 Å². The fourth-order valence-corrected chi connectivity index (χ4v) is 4.44. The van der Waals surface area contributed by atoms with Crippen LogP contribution in [0.1, 0.15) is 28.8 Å². The molecule has 1 saturated heterocycles. The second-order valence-electron chi connectivity index (χ2n) is 8.44. The molecule has 0 bridgehead atoms. The summed E-state index contributed by atoms with van der Waals surface area (Å²) in [4.78, 5) is 15.8. The summed E-state index contributed by atoms with van der Waals surface area (Å²) < 4.78 is 50.3. The number of ether oxygens (including phenoxy) is 1. The summed E-state index contributed by atoms with van der Waals surface area (Å²) >= 11 is 0. The van der Waals surface area contributed by atoms with Crippen molar-refractivity contribution in [3.05, 3.63) is 65.1 Å². The molecule has 3 aromatic rings. The lowest BCUT2D eigenvalue weighted by Gasteiger charge is -2.24. The highest BCUT2D eigenvalue weighted by atomic mass is 19.2. The van der Waals surface area contributed by atoms with E-state index in [1.807, 2.05) is 0 Å². The molecule has 3 heterocycles. The average Bonchev–Trinajstić information content (AvgIpc) is 2.83. The van der Waals surface area contributed by atoms with Crippen molar-refractivity contribution in [2.75, 3.05) is 25.4 Å². The molecule has 6 nitrogen and oxygen atoms in total. The van der Waals surface area contributed by atoms with Gasteiger partial charge in [0.1, 0.15) is 11.9 Å². The molecule has 0 radical (unpaired) electrons. The Labute approximate surface area is 194 Å². The molecule has 2 aliphatic rings. The first-order valence-corrected chi connectivity index (χ1v) is 11.2. The molecule has 1 aromatic heterocycles. The van der Waals surface area contributed by atoms with E-state index >= 15 is 4.39 Å². The topological polar surface area (TPSA) is 89.3 Å². The number of nitrogens with two attached hydrogens (primary N) is 1. The number of pyridine rings is 1. The maximum atomic E-state index is 15.0. The van der Waals surface area contributed by atoms with E-state index in [-0.39, 0.29) is 34.7 Å². The summed E-state index contributed by atoms with van der Waals surface area (Å²) in [7, 11) is 0. The van der Waals surface area contributed by atoms with Crippen LogP contribution < -0.4 is 21.1 Å². The van der Waals surface area contributed by atoms with Crippen molar-refractivity contribution in [2.24, 2.45) is 0 Å². The van der Waals surface area contributed by atoms with Crippen LogP contribution in [0.5, 0.6) is 5.75 Å². The van der Waals surface area contributed by atoms with Crippen LogP contribution >= 0.6 is 0 Å². The van der Waals surface area contributed by atoms with Crippen molar-refractivity contribution in [1.29, 1.82) is 0 Å². The summed E-state index contributed by atoms with van der Waals surface area (Å²) in [6.07, 6.45) is 1.79. The molecular weight excluding hydrogens is 445 g/mol. The monoisotopic (exact) mass is 468 g/mol. The molecule has 0 aliphatic carbocycles. The van der Waals surface area contributed by atoms with E-state index in [4.69, 9.17) is 10.5 Å². The van der Waals surface area contributed by atoms with Gasteiger partial charge in [0.05, 0.1) is 0 Å². The maximum Gasteiger partial charge on any atom is 0.251 e. The fraction of sp³-hybridized carbons (Fsp3) is 0.280. The van der Waals surface area contributed by atoms with Crippen molar-refractivity contribution in [1.82, 2.24) is 15.6 Å². The molecule has 0 spiro atoms. The van der Waals surface area contributed by atoms with Crippen LogP contribution in [0.2, 0.25) is 0 Å². The first-order valence-electron chi connectivity index (χ1n) is 11.2. The van der Waals surface area contributed by atoms with Crippen LogP contribution in [0, 0.1) is 17.6 Å². The minimum absolute atomic E-state index is 0.0896. The van der Waals surface area contributed by atoms with Crippen molar-refractivity contribution in [3.8, 4) is 28.0 Å². The summed E-state index contributed by atoms with van der Waals surface area (Å²) in [5.41, 5.74) is 7.82. The van der Waals surface area contributed by atoms with Gasteiger partial charge in [-0.2, -0.15) is 8.78 Å². The largest absolute Gasteiger partial charge is 0.487 e. The van der Waals surface area contributed by atoms with E-state index in [0.29, 0.717) is 42.5 Å². The highest BCUT2D eigenvalue weighted by Crippen LogP contribution is 2.36. The SMILES string of the molecule is Nc1nc(F)c(-c2ccc(OC3CCNCC3)c(F)c2F)cc1-c1ccc2c(c1)CCNC2=O. The number of carbonyl (C=O) groups excluding carboxylic acids is 1. The third-order valence-corrected chi connectivity index (χ3v) is 6.26. The number of rotatable bonds is 4. The molecule has 0 saturated carbocycles. The summed E-state index contributed by atoms with van der Waals surface area (Å²) in [5, 5.41) is 5.95. The number of halogens is 3. The van der Waals surface area contributed by atoms with Gasteiger partial charge in [0.2, 0.25) is 11.8 Å². The lowest BCUT2D eigenvalue weighted by molar-refractivity contribution is 0.0946. The molecule has 34 heavy (non-hydrogen) atoms. The smallest absolute Gasteiger partial charge is 0.251 e. The summed E-state index contributed by atoms with van der Waals surface area (Å²) in [5.74, 6) is -3.86.